The van der Waals surface area contributed by atoms with Gasteiger partial charge in [0.05, 0.1) is 13.2 Å². The van der Waals surface area contributed by atoms with Crippen molar-refractivity contribution in [1.82, 2.24) is 15.2 Å². The monoisotopic (exact) mass is 386 g/mol. The van der Waals surface area contributed by atoms with E-state index in [0.717, 1.165) is 12.0 Å². The Morgan fingerprint density at radius 2 is 2.25 bits per heavy atom. The number of nitrogen functional groups attached to an aromatic ring is 1. The summed E-state index contributed by atoms with van der Waals surface area (Å²) < 4.78 is 5.45. The Hall–Kier alpha value is -2.61. The average Bonchev–Trinajstić information content (AvgIpc) is 3.05. The van der Waals surface area contributed by atoms with Crippen LogP contribution in [0, 0.1) is 22.7 Å². The number of nitrogens with two attached hydrogens (primary N) is 1. The standard InChI is InChI=1S/C20H26N4O4/c1-19(11-28-12-19)20-10-24(18(26)27)9-15(20)14(20)6-7-22-17(25)5-3-13-2-4-16(21)23-8-13/h2-5,8,14-15H,6-7,9-12H2,1H3,(H2,21,23)(H,22,25)(H,26,27)/b5-3+. The molecule has 2 saturated heterocycles. The molecule has 1 aromatic rings. The molecule has 0 bridgehead atoms. The quantitative estimate of drug-likeness (QED) is 0.637. The minimum atomic E-state index is -0.843. The fraction of sp³-hybridized carbons (Fsp3) is 0.550. The van der Waals surface area contributed by atoms with Gasteiger partial charge in [0.1, 0.15) is 5.82 Å². The third-order valence-electron chi connectivity index (χ3n) is 6.80. The van der Waals surface area contributed by atoms with Gasteiger partial charge in [0.2, 0.25) is 5.91 Å². The summed E-state index contributed by atoms with van der Waals surface area (Å²) in [6.45, 7) is 5.34. The number of nitrogens with one attached hydrogen (secondary N) is 1. The number of ether oxygens (including phenoxy) is 1. The number of pyridine rings is 1. The molecule has 3 unspecified atom stereocenters. The van der Waals surface area contributed by atoms with E-state index in [2.05, 4.69) is 17.2 Å². The van der Waals surface area contributed by atoms with Crippen LogP contribution in [0.15, 0.2) is 24.4 Å². The van der Waals surface area contributed by atoms with Crippen molar-refractivity contribution in [3.05, 3.63) is 30.0 Å². The predicted octanol–water partition coefficient (Wildman–Crippen LogP) is 1.45. The lowest BCUT2D eigenvalue weighted by atomic mass is 9.70. The minimum Gasteiger partial charge on any atom is -0.465 e. The topological polar surface area (TPSA) is 118 Å². The first kappa shape index (κ1) is 18.7. The van der Waals surface area contributed by atoms with Crippen LogP contribution in [-0.4, -0.2) is 59.8 Å². The second kappa shape index (κ2) is 6.77. The van der Waals surface area contributed by atoms with Gasteiger partial charge in [0.15, 0.2) is 0 Å². The third-order valence-corrected chi connectivity index (χ3v) is 6.80. The van der Waals surface area contributed by atoms with Crippen molar-refractivity contribution in [2.24, 2.45) is 22.7 Å². The number of hydrogen-bond donors (Lipinski definition) is 3. The van der Waals surface area contributed by atoms with Crippen LogP contribution >= 0.6 is 0 Å². The molecular weight excluding hydrogens is 360 g/mol. The molecule has 3 fully saturated rings. The van der Waals surface area contributed by atoms with Crippen LogP contribution in [0.4, 0.5) is 10.6 Å². The lowest BCUT2D eigenvalue weighted by Crippen LogP contribution is -2.51. The van der Waals surface area contributed by atoms with E-state index in [0.29, 0.717) is 50.5 Å². The van der Waals surface area contributed by atoms with Gasteiger partial charge in [-0.1, -0.05) is 6.92 Å². The van der Waals surface area contributed by atoms with Crippen LogP contribution in [0.3, 0.4) is 0 Å². The van der Waals surface area contributed by atoms with E-state index in [1.807, 2.05) is 0 Å². The molecule has 8 heteroatoms. The van der Waals surface area contributed by atoms with Gasteiger partial charge in [-0.3, -0.25) is 4.79 Å². The fourth-order valence-corrected chi connectivity index (χ4v) is 5.21. The number of hydrogen-bond acceptors (Lipinski definition) is 5. The Bertz CT molecular complexity index is 805. The molecule has 3 aliphatic rings. The number of nitrogens with zero attached hydrogens (tertiary/aromatic N) is 2. The van der Waals surface area contributed by atoms with Crippen molar-refractivity contribution in [3.8, 4) is 0 Å². The van der Waals surface area contributed by atoms with Gasteiger partial charge < -0.3 is 25.8 Å². The van der Waals surface area contributed by atoms with Gasteiger partial charge in [-0.2, -0.15) is 0 Å². The molecule has 150 valence electrons. The highest BCUT2D eigenvalue weighted by Crippen LogP contribution is 2.73. The van der Waals surface area contributed by atoms with Crippen LogP contribution in [0.5, 0.6) is 0 Å². The third kappa shape index (κ3) is 3.01. The van der Waals surface area contributed by atoms with Crippen molar-refractivity contribution in [2.75, 3.05) is 38.6 Å². The maximum Gasteiger partial charge on any atom is 0.407 e. The smallest absolute Gasteiger partial charge is 0.407 e. The normalized spacial score (nSPS) is 30.0. The van der Waals surface area contributed by atoms with E-state index >= 15 is 0 Å². The van der Waals surface area contributed by atoms with Crippen LogP contribution in [0.1, 0.15) is 18.9 Å². The summed E-state index contributed by atoms with van der Waals surface area (Å²) in [5, 5.41) is 12.3. The van der Waals surface area contributed by atoms with Gasteiger partial charge in [-0.05, 0) is 42.0 Å². The first-order chi connectivity index (χ1) is 13.4. The number of carbonyl (C=O) groups excluding carboxylic acids is 1. The number of likely N-dealkylation sites (tertiary alicyclic amines) is 1. The minimum absolute atomic E-state index is 0.000153. The number of fused-ring (bicyclic) bond motifs is 1. The molecule has 4 rings (SSSR count). The summed E-state index contributed by atoms with van der Waals surface area (Å²) in [6.07, 6.45) is 4.82. The van der Waals surface area contributed by atoms with Crippen molar-refractivity contribution in [1.29, 1.82) is 0 Å². The van der Waals surface area contributed by atoms with Gasteiger partial charge in [-0.15, -0.1) is 0 Å². The van der Waals surface area contributed by atoms with Crippen LogP contribution < -0.4 is 11.1 Å². The maximum absolute atomic E-state index is 12.1. The van der Waals surface area contributed by atoms with E-state index in [1.165, 1.54) is 11.0 Å². The van der Waals surface area contributed by atoms with E-state index in [1.54, 1.807) is 24.4 Å². The lowest BCUT2D eigenvalue weighted by Gasteiger charge is -2.46. The first-order valence-electron chi connectivity index (χ1n) is 9.59. The largest absolute Gasteiger partial charge is 0.465 e. The van der Waals surface area contributed by atoms with Gasteiger partial charge in [-0.25, -0.2) is 9.78 Å². The molecule has 3 atom stereocenters. The molecule has 2 amide bonds. The van der Waals surface area contributed by atoms with Crippen molar-refractivity contribution in [2.45, 2.75) is 13.3 Å². The number of anilines is 1. The number of aromatic nitrogens is 1. The van der Waals surface area contributed by atoms with Crippen LogP contribution in [0.25, 0.3) is 6.08 Å². The molecular formula is C20H26N4O4. The molecule has 8 nitrogen and oxygen atoms in total. The average molecular weight is 386 g/mol. The number of amides is 2. The second-order valence-corrected chi connectivity index (χ2v) is 8.40. The van der Waals surface area contributed by atoms with E-state index in [9.17, 15) is 14.7 Å². The van der Waals surface area contributed by atoms with Crippen LogP contribution in [-0.2, 0) is 9.53 Å². The Balaban J connectivity index is 1.30. The SMILES string of the molecule is CC1(C23CN(C(=O)O)CC2C3CCNC(=O)/C=C/c2ccc(N)nc2)COC1. The zero-order chi connectivity index (χ0) is 19.9. The first-order valence-corrected chi connectivity index (χ1v) is 9.59. The summed E-state index contributed by atoms with van der Waals surface area (Å²) in [4.78, 5) is 29.0. The highest BCUT2D eigenvalue weighted by Gasteiger charge is 2.77. The van der Waals surface area contributed by atoms with E-state index < -0.39 is 6.09 Å². The Kier molecular flexibility index (Phi) is 4.53. The van der Waals surface area contributed by atoms with Gasteiger partial charge in [0, 0.05) is 42.7 Å². The Morgan fingerprint density at radius 3 is 2.86 bits per heavy atom. The fourth-order valence-electron chi connectivity index (χ4n) is 5.21. The van der Waals surface area contributed by atoms with Crippen molar-refractivity contribution < 1.29 is 19.4 Å². The zero-order valence-electron chi connectivity index (χ0n) is 15.9. The molecule has 4 N–H and O–H groups in total. The van der Waals surface area contributed by atoms with Gasteiger partial charge >= 0.3 is 6.09 Å². The predicted molar refractivity (Wildman–Crippen MR) is 103 cm³/mol. The lowest BCUT2D eigenvalue weighted by molar-refractivity contribution is -0.148. The highest BCUT2D eigenvalue weighted by atomic mass is 16.5. The molecule has 0 radical (unpaired) electrons. The number of carbonyl (C=O) groups is 2. The Labute approximate surface area is 163 Å². The molecule has 1 saturated carbocycles. The summed E-state index contributed by atoms with van der Waals surface area (Å²) >= 11 is 0. The molecule has 28 heavy (non-hydrogen) atoms. The molecule has 0 spiro atoms. The van der Waals surface area contributed by atoms with E-state index in [4.69, 9.17) is 10.5 Å². The zero-order valence-corrected chi connectivity index (χ0v) is 15.9. The summed E-state index contributed by atoms with van der Waals surface area (Å²) in [5.74, 6) is 1.09. The van der Waals surface area contributed by atoms with Crippen LogP contribution in [0.2, 0.25) is 0 Å². The summed E-state index contributed by atoms with van der Waals surface area (Å²) in [6, 6.07) is 3.49. The highest BCUT2D eigenvalue weighted by molar-refractivity contribution is 5.91. The number of carboxylic acid groups (broad SMARTS) is 1. The molecule has 1 aliphatic carbocycles. The number of piperidine rings is 1. The molecule has 1 aromatic heterocycles. The molecule has 2 aliphatic heterocycles. The van der Waals surface area contributed by atoms with Crippen molar-refractivity contribution >= 4 is 23.9 Å². The summed E-state index contributed by atoms with van der Waals surface area (Å²) in [5.41, 5.74) is 6.40. The molecule has 0 aromatic carbocycles. The van der Waals surface area contributed by atoms with Crippen molar-refractivity contribution in [3.63, 3.8) is 0 Å². The Morgan fingerprint density at radius 1 is 1.46 bits per heavy atom. The number of rotatable bonds is 6. The second-order valence-electron chi connectivity index (χ2n) is 8.40. The summed E-state index contributed by atoms with van der Waals surface area (Å²) in [7, 11) is 0. The van der Waals surface area contributed by atoms with E-state index in [-0.39, 0.29) is 16.7 Å². The molecule has 3 heterocycles. The maximum atomic E-state index is 12.1. The van der Waals surface area contributed by atoms with Gasteiger partial charge in [0.25, 0.3) is 0 Å².